The summed E-state index contributed by atoms with van der Waals surface area (Å²) < 4.78 is 27.8. The molecule has 0 fully saturated rings. The van der Waals surface area contributed by atoms with E-state index in [1.165, 1.54) is 45.4 Å². The Hall–Kier alpha value is -0.0713. The molecule has 0 atom stereocenters. The van der Waals surface area contributed by atoms with Crippen molar-refractivity contribution in [2.24, 2.45) is 5.14 Å². The molecule has 0 saturated carbocycles. The van der Waals surface area contributed by atoms with Crippen LogP contribution < -0.4 is 5.14 Å². The van der Waals surface area contributed by atoms with Crippen molar-refractivity contribution in [3.8, 4) is 0 Å². The number of primary sulfonamides is 1. The van der Waals surface area contributed by atoms with Crippen molar-refractivity contribution in [2.45, 2.75) is 77.0 Å². The standard InChI is InChI=1S/C10H14NO2S.2C4H9.Sn/c1-2-3-6-9-7-4-5-8-10(9)14(11,12)13;2*1-3-4-2;/h4-5,7-8H,1-3,6H2,(H2,11,12,13);2*1,3-4H2,2H3;. The third-order valence-electron chi connectivity index (χ3n) is 4.27. The van der Waals surface area contributed by atoms with Crippen LogP contribution in [0.5, 0.6) is 0 Å². The van der Waals surface area contributed by atoms with Crippen LogP contribution in [0, 0.1) is 0 Å². The number of sulfonamides is 1. The summed E-state index contributed by atoms with van der Waals surface area (Å²) in [5.74, 6) is 0. The molecule has 0 amide bonds. The van der Waals surface area contributed by atoms with Crippen LogP contribution in [-0.4, -0.2) is 28.2 Å². The van der Waals surface area contributed by atoms with Crippen LogP contribution in [0.2, 0.25) is 13.3 Å². The van der Waals surface area contributed by atoms with E-state index < -0.39 is 29.8 Å². The summed E-state index contributed by atoms with van der Waals surface area (Å²) in [6.07, 6.45) is 8.61. The topological polar surface area (TPSA) is 60.2 Å². The van der Waals surface area contributed by atoms with Crippen molar-refractivity contribution >= 4 is 29.8 Å². The summed E-state index contributed by atoms with van der Waals surface area (Å²) in [6, 6.07) is 7.15. The molecule has 0 saturated heterocycles. The van der Waals surface area contributed by atoms with Crippen molar-refractivity contribution in [3.05, 3.63) is 29.8 Å². The molecule has 5 heteroatoms. The number of benzene rings is 1. The molecule has 131 valence electrons. The summed E-state index contributed by atoms with van der Waals surface area (Å²) in [5, 5.41) is 5.30. The van der Waals surface area contributed by atoms with Gasteiger partial charge in [-0.15, -0.1) is 0 Å². The average molecular weight is 445 g/mol. The predicted octanol–water partition coefficient (Wildman–Crippen LogP) is 4.75. The fraction of sp³-hybridized carbons (Fsp3) is 0.667. The molecule has 2 N–H and O–H groups in total. The van der Waals surface area contributed by atoms with Crippen LogP contribution in [-0.2, 0) is 16.4 Å². The van der Waals surface area contributed by atoms with E-state index in [0.29, 0.717) is 4.90 Å². The second-order valence-electron chi connectivity index (χ2n) is 6.32. The average Bonchev–Trinajstić information content (AvgIpc) is 2.52. The van der Waals surface area contributed by atoms with Gasteiger partial charge in [0.1, 0.15) is 0 Å². The van der Waals surface area contributed by atoms with Crippen LogP contribution >= 0.6 is 0 Å². The van der Waals surface area contributed by atoms with Crippen LogP contribution in [0.4, 0.5) is 0 Å². The Labute approximate surface area is 149 Å². The van der Waals surface area contributed by atoms with E-state index in [0.717, 1.165) is 18.4 Å². The number of aryl methyl sites for hydroxylation is 1. The molecular formula is C18H32NO2SSn. The van der Waals surface area contributed by atoms with Gasteiger partial charge >= 0.3 is 150 Å². The molecule has 1 aromatic carbocycles. The molecule has 0 bridgehead atoms. The summed E-state index contributed by atoms with van der Waals surface area (Å²) in [4.78, 5) is 0.302. The maximum absolute atomic E-state index is 11.6. The minimum absolute atomic E-state index is 0.302. The number of hydrogen-bond donors (Lipinski definition) is 1. The Morgan fingerprint density at radius 1 is 0.913 bits per heavy atom. The van der Waals surface area contributed by atoms with Gasteiger partial charge in [0.2, 0.25) is 0 Å². The van der Waals surface area contributed by atoms with Crippen molar-refractivity contribution in [2.75, 3.05) is 0 Å². The molecule has 0 heterocycles. The molecule has 1 rings (SSSR count). The summed E-state index contributed by atoms with van der Waals surface area (Å²) in [5.41, 5.74) is 0.877. The van der Waals surface area contributed by atoms with Gasteiger partial charge in [-0.05, 0) is 0 Å². The van der Waals surface area contributed by atoms with Gasteiger partial charge in [-0.2, -0.15) is 0 Å². The van der Waals surface area contributed by atoms with E-state index >= 15 is 0 Å². The maximum atomic E-state index is 11.6. The Morgan fingerprint density at radius 3 is 2.04 bits per heavy atom. The van der Waals surface area contributed by atoms with Crippen molar-refractivity contribution < 1.29 is 8.42 Å². The number of unbranched alkanes of at least 4 members (excludes halogenated alkanes) is 3. The Bertz CT molecular complexity index is 538. The Morgan fingerprint density at radius 2 is 1.48 bits per heavy atom. The zero-order valence-corrected chi connectivity index (χ0v) is 18.4. The summed E-state index contributed by atoms with van der Waals surface area (Å²) in [6.45, 7) is 4.57. The molecule has 0 unspecified atom stereocenters. The fourth-order valence-corrected chi connectivity index (χ4v) is 12.9. The Balaban J connectivity index is 2.46. The van der Waals surface area contributed by atoms with Crippen molar-refractivity contribution in [1.29, 1.82) is 0 Å². The molecule has 0 aliphatic carbocycles. The number of rotatable bonds is 12. The van der Waals surface area contributed by atoms with Gasteiger partial charge in [0, 0.05) is 0 Å². The van der Waals surface area contributed by atoms with E-state index in [4.69, 9.17) is 5.14 Å². The molecule has 0 aliphatic heterocycles. The molecule has 1 radical (unpaired) electrons. The number of nitrogens with two attached hydrogens (primary N) is 1. The molecule has 23 heavy (non-hydrogen) atoms. The molecule has 0 aliphatic rings. The number of hydrogen-bond acceptors (Lipinski definition) is 2. The first-order valence-electron chi connectivity index (χ1n) is 8.93. The quantitative estimate of drug-likeness (QED) is 0.373. The minimum atomic E-state index is -3.60. The zero-order valence-electron chi connectivity index (χ0n) is 14.7. The normalized spacial score (nSPS) is 12.0. The van der Waals surface area contributed by atoms with Gasteiger partial charge < -0.3 is 0 Å². The van der Waals surface area contributed by atoms with Gasteiger partial charge in [-0.3, -0.25) is 0 Å². The van der Waals surface area contributed by atoms with Crippen molar-refractivity contribution in [3.63, 3.8) is 0 Å². The first kappa shape index (κ1) is 21.0. The van der Waals surface area contributed by atoms with Gasteiger partial charge in [-0.25, -0.2) is 0 Å². The summed E-state index contributed by atoms with van der Waals surface area (Å²) in [7, 11) is -3.60. The van der Waals surface area contributed by atoms with Gasteiger partial charge in [-0.1, -0.05) is 0 Å². The molecular weight excluding hydrogens is 413 g/mol. The van der Waals surface area contributed by atoms with Crippen molar-refractivity contribution in [1.82, 2.24) is 0 Å². The van der Waals surface area contributed by atoms with Crippen LogP contribution in [0.15, 0.2) is 29.2 Å². The third kappa shape index (κ3) is 8.54. The van der Waals surface area contributed by atoms with E-state index in [9.17, 15) is 8.42 Å². The monoisotopic (exact) mass is 446 g/mol. The van der Waals surface area contributed by atoms with E-state index in [2.05, 4.69) is 13.8 Å². The SMILES string of the molecule is CCC[CH2][Sn]([CH2]CCC)[CH2]CCCc1ccccc1S(N)(=O)=O. The van der Waals surface area contributed by atoms with Gasteiger partial charge in [0.05, 0.1) is 0 Å². The van der Waals surface area contributed by atoms with E-state index in [-0.39, 0.29) is 0 Å². The van der Waals surface area contributed by atoms with Gasteiger partial charge in [0.15, 0.2) is 0 Å². The molecule has 0 aromatic heterocycles. The second kappa shape index (κ2) is 11.5. The van der Waals surface area contributed by atoms with E-state index in [1.807, 2.05) is 12.1 Å². The molecule has 1 aromatic rings. The second-order valence-corrected chi connectivity index (χ2v) is 16.4. The molecule has 3 nitrogen and oxygen atoms in total. The van der Waals surface area contributed by atoms with Gasteiger partial charge in [0.25, 0.3) is 0 Å². The van der Waals surface area contributed by atoms with Crippen LogP contribution in [0.3, 0.4) is 0 Å². The fourth-order valence-electron chi connectivity index (χ4n) is 2.91. The van der Waals surface area contributed by atoms with Crippen LogP contribution in [0.1, 0.15) is 57.9 Å². The zero-order chi connectivity index (χ0) is 17.1. The predicted molar refractivity (Wildman–Crippen MR) is 101 cm³/mol. The molecule has 0 spiro atoms. The van der Waals surface area contributed by atoms with E-state index in [1.54, 1.807) is 12.1 Å². The Kier molecular flexibility index (Phi) is 10.5. The first-order chi connectivity index (χ1) is 11.0. The third-order valence-corrected chi connectivity index (χ3v) is 14.4. The van der Waals surface area contributed by atoms with Crippen LogP contribution in [0.25, 0.3) is 0 Å². The first-order valence-corrected chi connectivity index (χ1v) is 16.5. The summed E-state index contributed by atoms with van der Waals surface area (Å²) >= 11 is -1.17.